The summed E-state index contributed by atoms with van der Waals surface area (Å²) in [5, 5.41) is 11.0. The van der Waals surface area contributed by atoms with Crippen LogP contribution in [0, 0.1) is 18.8 Å². The molecule has 0 aromatic carbocycles. The standard InChI is InChI=1S/C16H27N5O.ClH/c1-11(13-4-3-7-17-9-13)8-16(22)19-14-5-6-15-18-12(2)20-21(15)10-14;/h11,13-14,17H,3-10H2,1-2H3,(H,19,22);1H. The van der Waals surface area contributed by atoms with Crippen molar-refractivity contribution < 1.29 is 4.79 Å². The highest BCUT2D eigenvalue weighted by atomic mass is 35.5. The molecule has 7 heteroatoms. The van der Waals surface area contributed by atoms with E-state index in [1.807, 2.05) is 11.6 Å². The van der Waals surface area contributed by atoms with Gasteiger partial charge in [-0.05, 0) is 51.1 Å². The average molecular weight is 342 g/mol. The van der Waals surface area contributed by atoms with E-state index in [4.69, 9.17) is 0 Å². The van der Waals surface area contributed by atoms with Crippen molar-refractivity contribution in [1.82, 2.24) is 25.4 Å². The summed E-state index contributed by atoms with van der Waals surface area (Å²) < 4.78 is 1.94. The number of hydrogen-bond acceptors (Lipinski definition) is 4. The van der Waals surface area contributed by atoms with E-state index in [1.165, 1.54) is 12.8 Å². The molecule has 2 aliphatic heterocycles. The zero-order chi connectivity index (χ0) is 15.5. The number of aryl methyl sites for hydroxylation is 2. The molecule has 6 nitrogen and oxygen atoms in total. The lowest BCUT2D eigenvalue weighted by Gasteiger charge is -2.29. The molecule has 1 aromatic heterocycles. The van der Waals surface area contributed by atoms with Crippen molar-refractivity contribution in [3.8, 4) is 0 Å². The summed E-state index contributed by atoms with van der Waals surface area (Å²) in [5.74, 6) is 3.13. The van der Waals surface area contributed by atoms with Crippen LogP contribution in [-0.4, -0.2) is 39.8 Å². The predicted molar refractivity (Wildman–Crippen MR) is 91.6 cm³/mol. The van der Waals surface area contributed by atoms with Crippen LogP contribution in [0.4, 0.5) is 0 Å². The summed E-state index contributed by atoms with van der Waals surface area (Å²) in [4.78, 5) is 16.7. The first-order valence-corrected chi connectivity index (χ1v) is 8.52. The largest absolute Gasteiger partial charge is 0.351 e. The maximum Gasteiger partial charge on any atom is 0.220 e. The molecule has 23 heavy (non-hydrogen) atoms. The molecule has 2 N–H and O–H groups in total. The normalized spacial score (nSPS) is 25.1. The van der Waals surface area contributed by atoms with Gasteiger partial charge < -0.3 is 10.6 Å². The number of nitrogens with zero attached hydrogens (tertiary/aromatic N) is 3. The molecular formula is C16H28ClN5O. The first-order valence-electron chi connectivity index (χ1n) is 8.52. The highest BCUT2D eigenvalue weighted by molar-refractivity contribution is 5.85. The molecule has 0 bridgehead atoms. The Morgan fingerprint density at radius 2 is 2.30 bits per heavy atom. The van der Waals surface area contributed by atoms with E-state index in [2.05, 4.69) is 27.6 Å². The Labute approximate surface area is 144 Å². The zero-order valence-electron chi connectivity index (χ0n) is 14.0. The van der Waals surface area contributed by atoms with E-state index in [-0.39, 0.29) is 24.4 Å². The Balaban J connectivity index is 0.00000192. The molecule has 0 aliphatic carbocycles. The number of aromatic nitrogens is 3. The number of hydrogen-bond donors (Lipinski definition) is 2. The summed E-state index contributed by atoms with van der Waals surface area (Å²) in [6.07, 6.45) is 4.96. The van der Waals surface area contributed by atoms with Gasteiger partial charge >= 0.3 is 0 Å². The van der Waals surface area contributed by atoms with Crippen molar-refractivity contribution in [2.24, 2.45) is 11.8 Å². The van der Waals surface area contributed by atoms with Crippen LogP contribution in [0.25, 0.3) is 0 Å². The van der Waals surface area contributed by atoms with Crippen molar-refractivity contribution in [2.45, 2.75) is 58.5 Å². The summed E-state index contributed by atoms with van der Waals surface area (Å²) in [5.41, 5.74) is 0. The van der Waals surface area contributed by atoms with Crippen LogP contribution >= 0.6 is 12.4 Å². The van der Waals surface area contributed by atoms with Gasteiger partial charge in [0.25, 0.3) is 0 Å². The Morgan fingerprint density at radius 1 is 1.48 bits per heavy atom. The Kier molecular flexibility index (Phi) is 6.41. The maximum absolute atomic E-state index is 12.3. The molecule has 1 amide bonds. The highest BCUT2D eigenvalue weighted by Gasteiger charge is 2.25. The minimum atomic E-state index is 0. The van der Waals surface area contributed by atoms with Gasteiger partial charge in [-0.2, -0.15) is 5.10 Å². The number of piperidine rings is 1. The fraction of sp³-hybridized carbons (Fsp3) is 0.812. The molecule has 3 atom stereocenters. The van der Waals surface area contributed by atoms with Gasteiger partial charge in [0.1, 0.15) is 11.6 Å². The number of rotatable bonds is 4. The van der Waals surface area contributed by atoms with E-state index in [0.29, 0.717) is 18.3 Å². The minimum absolute atomic E-state index is 0. The average Bonchev–Trinajstić information content (AvgIpc) is 2.87. The Hall–Kier alpha value is -1.14. The Bertz CT molecular complexity index is 527. The zero-order valence-corrected chi connectivity index (χ0v) is 14.9. The molecule has 3 heterocycles. The van der Waals surface area contributed by atoms with Gasteiger partial charge in [0.15, 0.2) is 0 Å². The second-order valence-corrected chi connectivity index (χ2v) is 6.85. The second-order valence-electron chi connectivity index (χ2n) is 6.85. The lowest BCUT2D eigenvalue weighted by Crippen LogP contribution is -2.42. The summed E-state index contributed by atoms with van der Waals surface area (Å²) >= 11 is 0. The van der Waals surface area contributed by atoms with Crippen molar-refractivity contribution >= 4 is 18.3 Å². The second kappa shape index (κ2) is 8.11. The number of halogens is 1. The van der Waals surface area contributed by atoms with E-state index in [9.17, 15) is 4.79 Å². The third-order valence-electron chi connectivity index (χ3n) is 4.98. The van der Waals surface area contributed by atoms with Gasteiger partial charge in [0.2, 0.25) is 5.91 Å². The smallest absolute Gasteiger partial charge is 0.220 e. The molecule has 0 spiro atoms. The van der Waals surface area contributed by atoms with E-state index in [0.717, 1.165) is 44.1 Å². The molecule has 3 rings (SSSR count). The number of carbonyl (C=O) groups excluding carboxylic acids is 1. The number of amides is 1. The van der Waals surface area contributed by atoms with Gasteiger partial charge in [0, 0.05) is 18.9 Å². The first kappa shape index (κ1) is 18.2. The molecule has 1 fully saturated rings. The maximum atomic E-state index is 12.3. The van der Waals surface area contributed by atoms with Crippen LogP contribution in [-0.2, 0) is 17.8 Å². The molecule has 3 unspecified atom stereocenters. The van der Waals surface area contributed by atoms with E-state index in [1.54, 1.807) is 0 Å². The topological polar surface area (TPSA) is 71.8 Å². The monoisotopic (exact) mass is 341 g/mol. The van der Waals surface area contributed by atoms with Crippen LogP contribution in [0.5, 0.6) is 0 Å². The minimum Gasteiger partial charge on any atom is -0.351 e. The predicted octanol–water partition coefficient (Wildman–Crippen LogP) is 1.47. The van der Waals surface area contributed by atoms with Crippen molar-refractivity contribution in [3.05, 3.63) is 11.6 Å². The summed E-state index contributed by atoms with van der Waals surface area (Å²) in [7, 11) is 0. The SMILES string of the molecule is Cc1nc2n(n1)CC(NC(=O)CC(C)C1CCCNC1)CC2.Cl. The fourth-order valence-electron chi connectivity index (χ4n) is 3.66. The third-order valence-corrected chi connectivity index (χ3v) is 4.98. The number of nitrogens with one attached hydrogen (secondary N) is 2. The van der Waals surface area contributed by atoms with E-state index < -0.39 is 0 Å². The summed E-state index contributed by atoms with van der Waals surface area (Å²) in [6.45, 7) is 7.05. The molecule has 2 aliphatic rings. The van der Waals surface area contributed by atoms with Crippen LogP contribution in [0.3, 0.4) is 0 Å². The Morgan fingerprint density at radius 3 is 3.04 bits per heavy atom. The molecule has 1 aromatic rings. The van der Waals surface area contributed by atoms with Crippen molar-refractivity contribution in [2.75, 3.05) is 13.1 Å². The quantitative estimate of drug-likeness (QED) is 0.869. The van der Waals surface area contributed by atoms with E-state index >= 15 is 0 Å². The first-order chi connectivity index (χ1) is 10.6. The number of carbonyl (C=O) groups is 1. The molecular weight excluding hydrogens is 314 g/mol. The van der Waals surface area contributed by atoms with Crippen LogP contribution in [0.2, 0.25) is 0 Å². The fourth-order valence-corrected chi connectivity index (χ4v) is 3.66. The van der Waals surface area contributed by atoms with Crippen molar-refractivity contribution in [3.63, 3.8) is 0 Å². The number of fused-ring (bicyclic) bond motifs is 1. The molecule has 0 radical (unpaired) electrons. The lowest BCUT2D eigenvalue weighted by atomic mass is 9.85. The van der Waals surface area contributed by atoms with Gasteiger partial charge in [0.05, 0.1) is 6.54 Å². The highest BCUT2D eigenvalue weighted by Crippen LogP contribution is 2.22. The molecule has 0 saturated carbocycles. The lowest BCUT2D eigenvalue weighted by molar-refractivity contribution is -0.123. The van der Waals surface area contributed by atoms with Crippen LogP contribution in [0.15, 0.2) is 0 Å². The van der Waals surface area contributed by atoms with Crippen LogP contribution in [0.1, 0.15) is 44.3 Å². The molecule has 1 saturated heterocycles. The third kappa shape index (κ3) is 4.67. The van der Waals surface area contributed by atoms with Gasteiger partial charge in [-0.1, -0.05) is 6.92 Å². The van der Waals surface area contributed by atoms with Gasteiger partial charge in [-0.3, -0.25) is 4.79 Å². The molecule has 130 valence electrons. The summed E-state index contributed by atoms with van der Waals surface area (Å²) in [6, 6.07) is 0.192. The van der Waals surface area contributed by atoms with Crippen molar-refractivity contribution in [1.29, 1.82) is 0 Å². The van der Waals surface area contributed by atoms with Gasteiger partial charge in [-0.15, -0.1) is 12.4 Å². The van der Waals surface area contributed by atoms with Gasteiger partial charge in [-0.25, -0.2) is 9.67 Å². The van der Waals surface area contributed by atoms with Crippen LogP contribution < -0.4 is 10.6 Å².